The highest BCUT2D eigenvalue weighted by molar-refractivity contribution is 5.71. The van der Waals surface area contributed by atoms with E-state index >= 15 is 0 Å². The van der Waals surface area contributed by atoms with Crippen molar-refractivity contribution in [2.24, 2.45) is 0 Å². The van der Waals surface area contributed by atoms with Crippen molar-refractivity contribution in [3.8, 4) is 0 Å². The molecule has 2 aromatic rings. The predicted octanol–water partition coefficient (Wildman–Crippen LogP) is 1.60. The van der Waals surface area contributed by atoms with Crippen molar-refractivity contribution in [2.75, 3.05) is 11.9 Å². The third-order valence-corrected chi connectivity index (χ3v) is 2.59. The summed E-state index contributed by atoms with van der Waals surface area (Å²) >= 11 is 0. The van der Waals surface area contributed by atoms with Crippen molar-refractivity contribution in [3.63, 3.8) is 0 Å². The van der Waals surface area contributed by atoms with Crippen LogP contribution < -0.4 is 5.32 Å². The van der Waals surface area contributed by atoms with E-state index in [4.69, 9.17) is 0 Å². The Labute approximate surface area is 99.9 Å². The number of aromatic nitrogens is 3. The smallest absolute Gasteiger partial charge is 0.180 e. The van der Waals surface area contributed by atoms with Gasteiger partial charge >= 0.3 is 0 Å². The number of aliphatic hydroxyl groups excluding tert-OH is 1. The van der Waals surface area contributed by atoms with Crippen molar-refractivity contribution in [3.05, 3.63) is 24.5 Å². The Morgan fingerprint density at radius 2 is 2.12 bits per heavy atom. The van der Waals surface area contributed by atoms with Gasteiger partial charge in [-0.05, 0) is 25.0 Å². The van der Waals surface area contributed by atoms with E-state index < -0.39 is 0 Å². The van der Waals surface area contributed by atoms with Gasteiger partial charge in [-0.25, -0.2) is 9.97 Å². The van der Waals surface area contributed by atoms with Crippen LogP contribution in [0.3, 0.4) is 0 Å². The molecular formula is C12H16N4O. The van der Waals surface area contributed by atoms with Crippen molar-refractivity contribution >= 4 is 17.0 Å². The summed E-state index contributed by atoms with van der Waals surface area (Å²) in [6.07, 6.45) is 4.52. The largest absolute Gasteiger partial charge is 0.393 e. The molecule has 0 amide bonds. The first-order valence-corrected chi connectivity index (χ1v) is 5.79. The number of rotatable bonds is 5. The zero-order valence-corrected chi connectivity index (χ0v) is 9.80. The zero-order valence-electron chi connectivity index (χ0n) is 9.80. The van der Waals surface area contributed by atoms with Crippen molar-refractivity contribution in [1.82, 2.24) is 15.0 Å². The number of fused-ring (bicyclic) bond motifs is 1. The third-order valence-electron chi connectivity index (χ3n) is 2.59. The van der Waals surface area contributed by atoms with Gasteiger partial charge < -0.3 is 10.4 Å². The number of anilines is 1. The van der Waals surface area contributed by atoms with E-state index in [0.29, 0.717) is 12.2 Å². The van der Waals surface area contributed by atoms with Gasteiger partial charge in [-0.2, -0.15) is 0 Å². The lowest BCUT2D eigenvalue weighted by Crippen LogP contribution is -2.12. The Morgan fingerprint density at radius 1 is 1.29 bits per heavy atom. The summed E-state index contributed by atoms with van der Waals surface area (Å²) in [7, 11) is 0. The molecule has 0 saturated carbocycles. The van der Waals surface area contributed by atoms with E-state index in [1.165, 1.54) is 0 Å². The molecule has 0 aliphatic rings. The number of hydrogen-bond acceptors (Lipinski definition) is 5. The third kappa shape index (κ3) is 3.10. The fraction of sp³-hybridized carbons (Fsp3) is 0.417. The normalized spacial score (nSPS) is 12.6. The average molecular weight is 232 g/mol. The van der Waals surface area contributed by atoms with Gasteiger partial charge in [0.05, 0.1) is 6.10 Å². The number of nitrogens with one attached hydrogen (secondary N) is 1. The van der Waals surface area contributed by atoms with Crippen LogP contribution in [0.4, 0.5) is 5.82 Å². The van der Waals surface area contributed by atoms with E-state index in [-0.39, 0.29) is 6.10 Å². The second kappa shape index (κ2) is 5.54. The van der Waals surface area contributed by atoms with Crippen LogP contribution in [0.25, 0.3) is 11.2 Å². The molecule has 0 spiro atoms. The molecule has 0 aromatic carbocycles. The summed E-state index contributed by atoms with van der Waals surface area (Å²) in [6.45, 7) is 2.67. The Balaban J connectivity index is 1.99. The van der Waals surface area contributed by atoms with Crippen LogP contribution in [0.1, 0.15) is 19.8 Å². The minimum absolute atomic E-state index is 0.247. The summed E-state index contributed by atoms with van der Waals surface area (Å²) < 4.78 is 0. The predicted molar refractivity (Wildman–Crippen MR) is 66.7 cm³/mol. The standard InChI is InChI=1S/C12H16N4O/c1-2-9(17)5-6-14-11-4-3-10-12(16-11)15-8-7-13-10/h3-4,7-9,17H,2,5-6H2,1H3,(H,14,15,16). The molecule has 2 N–H and O–H groups in total. The highest BCUT2D eigenvalue weighted by atomic mass is 16.3. The number of aliphatic hydroxyl groups is 1. The Bertz CT molecular complexity index is 489. The van der Waals surface area contributed by atoms with Gasteiger partial charge in [0.1, 0.15) is 11.3 Å². The first-order valence-electron chi connectivity index (χ1n) is 5.79. The first kappa shape index (κ1) is 11.7. The van der Waals surface area contributed by atoms with E-state index in [1.807, 2.05) is 19.1 Å². The molecule has 0 aliphatic heterocycles. The van der Waals surface area contributed by atoms with Crippen LogP contribution in [0.15, 0.2) is 24.5 Å². The summed E-state index contributed by atoms with van der Waals surface area (Å²) in [4.78, 5) is 12.6. The van der Waals surface area contributed by atoms with Crippen LogP contribution in [0.2, 0.25) is 0 Å². The van der Waals surface area contributed by atoms with Gasteiger partial charge in [-0.1, -0.05) is 6.92 Å². The van der Waals surface area contributed by atoms with Crippen molar-refractivity contribution in [1.29, 1.82) is 0 Å². The second-order valence-corrected chi connectivity index (χ2v) is 3.87. The maximum Gasteiger partial charge on any atom is 0.180 e. The van der Waals surface area contributed by atoms with Gasteiger partial charge in [-0.15, -0.1) is 0 Å². The van der Waals surface area contributed by atoms with E-state index in [2.05, 4.69) is 20.3 Å². The molecule has 5 nitrogen and oxygen atoms in total. The topological polar surface area (TPSA) is 70.9 Å². The molecular weight excluding hydrogens is 216 g/mol. The number of nitrogens with zero attached hydrogens (tertiary/aromatic N) is 3. The van der Waals surface area contributed by atoms with Crippen LogP contribution in [0.5, 0.6) is 0 Å². The lowest BCUT2D eigenvalue weighted by atomic mass is 10.2. The Hall–Kier alpha value is -1.75. The summed E-state index contributed by atoms with van der Waals surface area (Å²) in [5.41, 5.74) is 1.42. The van der Waals surface area contributed by atoms with Crippen molar-refractivity contribution in [2.45, 2.75) is 25.9 Å². The molecule has 1 atom stereocenters. The molecule has 0 radical (unpaired) electrons. The molecule has 90 valence electrons. The highest BCUT2D eigenvalue weighted by Crippen LogP contribution is 2.10. The summed E-state index contributed by atoms with van der Waals surface area (Å²) in [5, 5.41) is 12.6. The van der Waals surface area contributed by atoms with Gasteiger partial charge in [0, 0.05) is 18.9 Å². The second-order valence-electron chi connectivity index (χ2n) is 3.87. The van der Waals surface area contributed by atoms with Crippen LogP contribution in [-0.2, 0) is 0 Å². The van der Waals surface area contributed by atoms with E-state index in [0.717, 1.165) is 24.2 Å². The molecule has 5 heteroatoms. The minimum Gasteiger partial charge on any atom is -0.393 e. The molecule has 2 rings (SSSR count). The SMILES string of the molecule is CCC(O)CCNc1ccc2nccnc2n1. The van der Waals surface area contributed by atoms with Gasteiger partial charge in [-0.3, -0.25) is 4.98 Å². The Kier molecular flexibility index (Phi) is 3.82. The van der Waals surface area contributed by atoms with Gasteiger partial charge in [0.25, 0.3) is 0 Å². The maximum absolute atomic E-state index is 9.42. The molecule has 2 heterocycles. The Morgan fingerprint density at radius 3 is 2.94 bits per heavy atom. The molecule has 0 fully saturated rings. The molecule has 0 aliphatic carbocycles. The minimum atomic E-state index is -0.247. The fourth-order valence-electron chi connectivity index (χ4n) is 1.52. The van der Waals surface area contributed by atoms with Crippen molar-refractivity contribution < 1.29 is 5.11 Å². The quantitative estimate of drug-likeness (QED) is 0.819. The molecule has 0 saturated heterocycles. The number of hydrogen-bond donors (Lipinski definition) is 2. The summed E-state index contributed by atoms with van der Waals surface area (Å²) in [6, 6.07) is 3.75. The number of pyridine rings is 1. The van der Waals surface area contributed by atoms with Crippen LogP contribution in [0, 0.1) is 0 Å². The maximum atomic E-state index is 9.42. The average Bonchev–Trinajstić information content (AvgIpc) is 2.38. The molecule has 2 aromatic heterocycles. The zero-order chi connectivity index (χ0) is 12.1. The summed E-state index contributed by atoms with van der Waals surface area (Å²) in [5.74, 6) is 0.765. The van der Waals surface area contributed by atoms with Crippen LogP contribution in [-0.4, -0.2) is 32.7 Å². The van der Waals surface area contributed by atoms with E-state index in [1.54, 1.807) is 12.4 Å². The molecule has 17 heavy (non-hydrogen) atoms. The van der Waals surface area contributed by atoms with Crippen LogP contribution >= 0.6 is 0 Å². The van der Waals surface area contributed by atoms with E-state index in [9.17, 15) is 5.11 Å². The monoisotopic (exact) mass is 232 g/mol. The fourth-order valence-corrected chi connectivity index (χ4v) is 1.52. The van der Waals surface area contributed by atoms with Gasteiger partial charge in [0.15, 0.2) is 5.65 Å². The lowest BCUT2D eigenvalue weighted by molar-refractivity contribution is 0.164. The van der Waals surface area contributed by atoms with Gasteiger partial charge in [0.2, 0.25) is 0 Å². The first-order chi connectivity index (χ1) is 8.29. The highest BCUT2D eigenvalue weighted by Gasteiger charge is 2.02. The lowest BCUT2D eigenvalue weighted by Gasteiger charge is -2.09. The molecule has 0 bridgehead atoms. The molecule has 1 unspecified atom stereocenters.